The van der Waals surface area contributed by atoms with Crippen LogP contribution >= 0.6 is 0 Å². The molecule has 3 aromatic rings. The Morgan fingerprint density at radius 1 is 1.00 bits per heavy atom. The number of hydrogen-bond acceptors (Lipinski definition) is 7. The molecule has 3 aliphatic heterocycles. The van der Waals surface area contributed by atoms with Gasteiger partial charge in [0.15, 0.2) is 17.6 Å². The third kappa shape index (κ3) is 3.65. The summed E-state index contributed by atoms with van der Waals surface area (Å²) in [6.07, 6.45) is 0.0891. The second-order valence-corrected chi connectivity index (χ2v) is 8.42. The highest BCUT2D eigenvalue weighted by molar-refractivity contribution is 5.78. The minimum atomic E-state index is -0.925. The van der Waals surface area contributed by atoms with Crippen LogP contribution in [0.25, 0.3) is 28.0 Å². The number of rotatable bonds is 4. The van der Waals surface area contributed by atoms with Gasteiger partial charge < -0.3 is 29.0 Å². The normalized spacial score (nSPS) is 26.6. The fraction of sp³-hybridized carbons (Fsp3) is 0.391. The molecule has 0 bridgehead atoms. The van der Waals surface area contributed by atoms with Crippen LogP contribution in [0.3, 0.4) is 0 Å². The van der Waals surface area contributed by atoms with Gasteiger partial charge in [0.2, 0.25) is 0 Å². The number of benzene rings is 1. The Hall–Kier alpha value is -2.99. The van der Waals surface area contributed by atoms with Gasteiger partial charge in [-0.05, 0) is 29.7 Å². The zero-order valence-corrected chi connectivity index (χ0v) is 17.8. The van der Waals surface area contributed by atoms with E-state index < -0.39 is 53.1 Å². The first-order valence-corrected chi connectivity index (χ1v) is 10.9. The number of ether oxygens (including phenoxy) is 4. The number of fused-ring (bicyclic) bond motifs is 2. The van der Waals surface area contributed by atoms with Crippen LogP contribution in [0, 0.1) is 17.5 Å². The Bertz CT molecular complexity index is 1270. The van der Waals surface area contributed by atoms with Gasteiger partial charge in [-0.25, -0.2) is 18.2 Å². The Balaban J connectivity index is 1.31. The maximum atomic E-state index is 15.0. The Kier molecular flexibility index (Phi) is 5.29. The van der Waals surface area contributed by atoms with Gasteiger partial charge in [0.25, 0.3) is 6.01 Å². The number of aromatic amines is 1. The van der Waals surface area contributed by atoms with Gasteiger partial charge in [0.05, 0.1) is 37.5 Å². The fourth-order valence-electron chi connectivity index (χ4n) is 4.59. The van der Waals surface area contributed by atoms with Gasteiger partial charge in [-0.2, -0.15) is 4.98 Å². The monoisotopic (exact) mass is 475 g/mol. The third-order valence-corrected chi connectivity index (χ3v) is 6.26. The van der Waals surface area contributed by atoms with E-state index in [1.165, 1.54) is 12.1 Å². The summed E-state index contributed by atoms with van der Waals surface area (Å²) in [7, 11) is 0. The van der Waals surface area contributed by atoms with Crippen molar-refractivity contribution in [2.45, 2.75) is 30.8 Å². The predicted octanol–water partition coefficient (Wildman–Crippen LogP) is 2.75. The van der Waals surface area contributed by atoms with Crippen LogP contribution in [-0.2, 0) is 14.2 Å². The number of hydrogen-bond donors (Lipinski definition) is 2. The van der Waals surface area contributed by atoms with E-state index >= 15 is 0 Å². The van der Waals surface area contributed by atoms with E-state index in [2.05, 4.69) is 15.0 Å². The molecule has 6 rings (SSSR count). The molecule has 0 unspecified atom stereocenters. The summed E-state index contributed by atoms with van der Waals surface area (Å²) < 4.78 is 66.8. The number of aliphatic hydroxyl groups excluding tert-OH is 1. The summed E-state index contributed by atoms with van der Waals surface area (Å²) in [4.78, 5) is 11.1. The van der Waals surface area contributed by atoms with Crippen molar-refractivity contribution in [3.63, 3.8) is 0 Å². The Morgan fingerprint density at radius 3 is 2.56 bits per heavy atom. The van der Waals surface area contributed by atoms with Crippen LogP contribution in [0.15, 0.2) is 24.3 Å². The minimum absolute atomic E-state index is 0.0287. The summed E-state index contributed by atoms with van der Waals surface area (Å²) in [6, 6.07) is 3.44. The summed E-state index contributed by atoms with van der Waals surface area (Å²) in [5.74, 6) is -2.76. The largest absolute Gasteiger partial charge is 0.456 e. The van der Waals surface area contributed by atoms with Gasteiger partial charge in [0.1, 0.15) is 35.6 Å². The van der Waals surface area contributed by atoms with Crippen LogP contribution < -0.4 is 4.74 Å². The first-order chi connectivity index (χ1) is 16.5. The average Bonchev–Trinajstić information content (AvgIpc) is 3.51. The van der Waals surface area contributed by atoms with Crippen molar-refractivity contribution >= 4 is 16.7 Å². The highest BCUT2D eigenvalue weighted by atomic mass is 19.1. The van der Waals surface area contributed by atoms with Crippen LogP contribution in [-0.4, -0.2) is 70.9 Å². The maximum Gasteiger partial charge on any atom is 0.296 e. The fourth-order valence-corrected chi connectivity index (χ4v) is 4.59. The van der Waals surface area contributed by atoms with Crippen LogP contribution in [0.5, 0.6) is 6.01 Å². The summed E-state index contributed by atoms with van der Waals surface area (Å²) in [6.45, 7) is 1.17. The number of aliphatic hydroxyl groups is 1. The predicted molar refractivity (Wildman–Crippen MR) is 113 cm³/mol. The summed E-state index contributed by atoms with van der Waals surface area (Å²) >= 11 is 0. The first-order valence-electron chi connectivity index (χ1n) is 10.9. The first kappa shape index (κ1) is 21.5. The molecule has 2 fully saturated rings. The highest BCUT2D eigenvalue weighted by Gasteiger charge is 2.48. The second-order valence-electron chi connectivity index (χ2n) is 8.42. The van der Waals surface area contributed by atoms with E-state index in [0.717, 1.165) is 11.6 Å². The van der Waals surface area contributed by atoms with Gasteiger partial charge in [0, 0.05) is 6.07 Å². The topological polar surface area (TPSA) is 98.7 Å². The average molecular weight is 475 g/mol. The molecule has 2 N–H and O–H groups in total. The number of nitrogens with zero attached hydrogens (tertiary/aromatic N) is 2. The number of H-pyrrole nitrogens is 1. The lowest BCUT2D eigenvalue weighted by Gasteiger charge is -2.15. The highest BCUT2D eigenvalue weighted by Crippen LogP contribution is 2.34. The zero-order chi connectivity index (χ0) is 23.4. The molecule has 4 atom stereocenters. The SMILES string of the molecule is O[C@@H]1CO[C@H]2[C@@H]1OC[C@H]2Oc1nc2nc(-c3c(F)cc(C4=CCOCC4)cc3F)c(F)cc2[nH]1. The van der Waals surface area contributed by atoms with Gasteiger partial charge >= 0.3 is 0 Å². The standard InChI is InChI=1S/C23H20F3N3O5/c24-12-5-11(10-1-3-31-4-2-10)6-13(25)18(12)19-14(26)7-15-22(28-19)29-23(27-15)34-17-9-33-20-16(30)8-32-21(17)20/h1,5-7,16-17,20-21,30H,2-4,8-9H2,(H,27,28,29)/t16-,17-,20-,21-/m1/s1. The Morgan fingerprint density at radius 2 is 1.79 bits per heavy atom. The van der Waals surface area contributed by atoms with Gasteiger partial charge in [-0.1, -0.05) is 6.08 Å². The minimum Gasteiger partial charge on any atom is -0.456 e. The van der Waals surface area contributed by atoms with Crippen molar-refractivity contribution in [2.24, 2.45) is 0 Å². The van der Waals surface area contributed by atoms with Crippen molar-refractivity contribution in [3.8, 4) is 17.3 Å². The van der Waals surface area contributed by atoms with E-state index in [4.69, 9.17) is 18.9 Å². The van der Waals surface area contributed by atoms with Crippen LogP contribution in [0.4, 0.5) is 13.2 Å². The molecule has 0 radical (unpaired) electrons. The van der Waals surface area contributed by atoms with Gasteiger partial charge in [-0.3, -0.25) is 0 Å². The van der Waals surface area contributed by atoms with E-state index in [0.29, 0.717) is 25.2 Å². The molecule has 0 saturated carbocycles. The molecule has 0 amide bonds. The molecule has 0 spiro atoms. The van der Waals surface area contributed by atoms with Crippen LogP contribution in [0.1, 0.15) is 12.0 Å². The van der Waals surface area contributed by atoms with E-state index in [1.54, 1.807) is 6.08 Å². The van der Waals surface area contributed by atoms with Crippen molar-refractivity contribution in [1.29, 1.82) is 0 Å². The number of nitrogens with one attached hydrogen (secondary N) is 1. The van der Waals surface area contributed by atoms with Crippen molar-refractivity contribution in [1.82, 2.24) is 15.0 Å². The van der Waals surface area contributed by atoms with Crippen molar-refractivity contribution < 1.29 is 37.2 Å². The van der Waals surface area contributed by atoms with Crippen molar-refractivity contribution in [2.75, 3.05) is 26.4 Å². The lowest BCUT2D eigenvalue weighted by molar-refractivity contribution is 0.00706. The molecule has 0 aliphatic carbocycles. The molecule has 1 aromatic carbocycles. The smallest absolute Gasteiger partial charge is 0.296 e. The molecule has 8 nitrogen and oxygen atoms in total. The molecular weight excluding hydrogens is 455 g/mol. The number of imidazole rings is 1. The maximum absolute atomic E-state index is 15.0. The zero-order valence-electron chi connectivity index (χ0n) is 17.8. The van der Waals surface area contributed by atoms with Crippen molar-refractivity contribution in [3.05, 3.63) is 47.3 Å². The molecule has 2 saturated heterocycles. The summed E-state index contributed by atoms with van der Waals surface area (Å²) in [5.41, 5.74) is 0.329. The van der Waals surface area contributed by atoms with Gasteiger partial charge in [-0.15, -0.1) is 0 Å². The summed E-state index contributed by atoms with van der Waals surface area (Å²) in [5, 5.41) is 9.85. The lowest BCUT2D eigenvalue weighted by Crippen LogP contribution is -2.34. The molecule has 2 aromatic heterocycles. The molecule has 3 aliphatic rings. The number of pyridine rings is 1. The molecule has 178 valence electrons. The van der Waals surface area contributed by atoms with E-state index in [1.807, 2.05) is 0 Å². The number of halogens is 3. The molecular formula is C23H20F3N3O5. The molecule has 5 heterocycles. The van der Waals surface area contributed by atoms with Crippen LogP contribution in [0.2, 0.25) is 0 Å². The number of aromatic nitrogens is 3. The third-order valence-electron chi connectivity index (χ3n) is 6.26. The quantitative estimate of drug-likeness (QED) is 0.599. The molecule has 34 heavy (non-hydrogen) atoms. The van der Waals surface area contributed by atoms with E-state index in [9.17, 15) is 18.3 Å². The lowest BCUT2D eigenvalue weighted by atomic mass is 9.98. The Labute approximate surface area is 191 Å². The second kappa shape index (κ2) is 8.35. The molecule has 11 heteroatoms. The van der Waals surface area contributed by atoms with E-state index in [-0.39, 0.29) is 30.4 Å².